The van der Waals surface area contributed by atoms with E-state index in [0.717, 1.165) is 48.1 Å². The van der Waals surface area contributed by atoms with Crippen molar-refractivity contribution >= 4 is 0 Å². The Balaban J connectivity index is 1.63. The van der Waals surface area contributed by atoms with Crippen LogP contribution in [0.2, 0.25) is 0 Å². The summed E-state index contributed by atoms with van der Waals surface area (Å²) in [5, 5.41) is 4.50. The number of rotatable bonds is 6. The second kappa shape index (κ2) is 4.99. The third kappa shape index (κ3) is 1.87. The number of hydrogen-bond acceptors (Lipinski definition) is 4. The Labute approximate surface area is 126 Å². The van der Waals surface area contributed by atoms with Crippen LogP contribution in [0.3, 0.4) is 0 Å². The summed E-state index contributed by atoms with van der Waals surface area (Å²) in [5.41, 5.74) is 4.25. The van der Waals surface area contributed by atoms with Gasteiger partial charge in [0.25, 0.3) is 0 Å². The van der Waals surface area contributed by atoms with Gasteiger partial charge in [0.1, 0.15) is 0 Å². The molecule has 0 amide bonds. The van der Waals surface area contributed by atoms with Gasteiger partial charge in [-0.1, -0.05) is 6.92 Å². The fourth-order valence-electron chi connectivity index (χ4n) is 5.45. The van der Waals surface area contributed by atoms with Gasteiger partial charge >= 0.3 is 0 Å². The Morgan fingerprint density at radius 1 is 1.43 bits per heavy atom. The first-order chi connectivity index (χ1) is 10.3. The van der Waals surface area contributed by atoms with E-state index < -0.39 is 0 Å². The van der Waals surface area contributed by atoms with Crippen molar-refractivity contribution in [3.05, 3.63) is 11.9 Å². The van der Waals surface area contributed by atoms with Crippen LogP contribution in [0.5, 0.6) is 5.75 Å². The van der Waals surface area contributed by atoms with Gasteiger partial charge in [-0.3, -0.25) is 16.0 Å². The number of nitrogens with two attached hydrogens (primary N) is 1. The molecule has 0 spiro atoms. The van der Waals surface area contributed by atoms with Crippen molar-refractivity contribution in [1.82, 2.24) is 15.2 Å². The molecule has 0 aromatic carbocycles. The summed E-state index contributed by atoms with van der Waals surface area (Å²) in [4.78, 5) is 0. The number of hydrazine groups is 1. The Morgan fingerprint density at radius 3 is 2.71 bits per heavy atom. The molecule has 3 fully saturated rings. The van der Waals surface area contributed by atoms with Gasteiger partial charge in [0.2, 0.25) is 0 Å². The van der Waals surface area contributed by atoms with E-state index >= 15 is 0 Å². The van der Waals surface area contributed by atoms with E-state index in [-0.39, 0.29) is 6.04 Å². The van der Waals surface area contributed by atoms with Crippen molar-refractivity contribution in [3.63, 3.8) is 0 Å². The first-order valence-electron chi connectivity index (χ1n) is 8.36. The van der Waals surface area contributed by atoms with E-state index in [9.17, 15) is 0 Å². The van der Waals surface area contributed by atoms with Crippen molar-refractivity contribution in [1.29, 1.82) is 0 Å². The summed E-state index contributed by atoms with van der Waals surface area (Å²) in [7, 11) is 1.72. The summed E-state index contributed by atoms with van der Waals surface area (Å²) < 4.78 is 7.63. The predicted octanol–water partition coefficient (Wildman–Crippen LogP) is 2.10. The highest BCUT2D eigenvalue weighted by Gasteiger charge is 2.67. The molecule has 116 valence electrons. The molecule has 3 aliphatic rings. The Bertz CT molecular complexity index is 512. The van der Waals surface area contributed by atoms with E-state index in [1.165, 1.54) is 19.3 Å². The van der Waals surface area contributed by atoms with E-state index in [0.29, 0.717) is 5.92 Å². The largest absolute Gasteiger partial charge is 0.493 e. The standard InChI is InChI=1S/C16H26N4O/c1-3-6-20-16(11(21-2)8-18-20)15(19-17)14-12-9-4-5-10(7-9)13(12)14/h8-10,12-15,19H,3-7,17H2,1-2H3. The van der Waals surface area contributed by atoms with E-state index in [2.05, 4.69) is 22.1 Å². The molecule has 5 nitrogen and oxygen atoms in total. The lowest BCUT2D eigenvalue weighted by atomic mass is 9.95. The van der Waals surface area contributed by atoms with Crippen LogP contribution >= 0.6 is 0 Å². The zero-order valence-corrected chi connectivity index (χ0v) is 13.0. The van der Waals surface area contributed by atoms with Gasteiger partial charge < -0.3 is 4.74 Å². The molecule has 0 aliphatic heterocycles. The number of fused-ring (bicyclic) bond motifs is 5. The van der Waals surface area contributed by atoms with Crippen LogP contribution in [0.4, 0.5) is 0 Å². The van der Waals surface area contributed by atoms with Crippen LogP contribution < -0.4 is 16.0 Å². The molecule has 0 saturated heterocycles. The molecule has 5 unspecified atom stereocenters. The van der Waals surface area contributed by atoms with Crippen LogP contribution in [0.1, 0.15) is 44.3 Å². The Kier molecular flexibility index (Phi) is 3.23. The van der Waals surface area contributed by atoms with Gasteiger partial charge in [-0.05, 0) is 55.3 Å². The second-order valence-corrected chi connectivity index (χ2v) is 7.03. The number of ether oxygens (including phenoxy) is 1. The molecule has 1 heterocycles. The zero-order chi connectivity index (χ0) is 14.6. The summed E-state index contributed by atoms with van der Waals surface area (Å²) in [6, 6.07) is 0.187. The third-order valence-corrected chi connectivity index (χ3v) is 6.15. The highest BCUT2D eigenvalue weighted by atomic mass is 16.5. The number of aromatic nitrogens is 2. The fourth-order valence-corrected chi connectivity index (χ4v) is 5.45. The van der Waals surface area contributed by atoms with Gasteiger partial charge in [-0.15, -0.1) is 0 Å². The van der Waals surface area contributed by atoms with Crippen molar-refractivity contribution in [3.8, 4) is 5.75 Å². The molecule has 4 rings (SSSR count). The summed E-state index contributed by atoms with van der Waals surface area (Å²) in [6.07, 6.45) is 7.24. The van der Waals surface area contributed by atoms with Gasteiger partial charge in [-0.25, -0.2) is 0 Å². The summed E-state index contributed by atoms with van der Waals surface area (Å²) in [6.45, 7) is 3.10. The van der Waals surface area contributed by atoms with E-state index in [1.807, 2.05) is 6.20 Å². The van der Waals surface area contributed by atoms with Crippen molar-refractivity contribution < 1.29 is 4.74 Å². The molecule has 1 aromatic rings. The van der Waals surface area contributed by atoms with Crippen molar-refractivity contribution in [2.24, 2.45) is 35.4 Å². The minimum Gasteiger partial charge on any atom is -0.493 e. The molecule has 5 atom stereocenters. The highest BCUT2D eigenvalue weighted by molar-refractivity contribution is 5.32. The van der Waals surface area contributed by atoms with Gasteiger partial charge in [-0.2, -0.15) is 5.10 Å². The predicted molar refractivity (Wildman–Crippen MR) is 80.4 cm³/mol. The lowest BCUT2D eigenvalue weighted by molar-refractivity contribution is 0.337. The number of hydrogen-bond donors (Lipinski definition) is 2. The first-order valence-corrected chi connectivity index (χ1v) is 8.36. The van der Waals surface area contributed by atoms with Crippen LogP contribution in [0.15, 0.2) is 6.20 Å². The average Bonchev–Trinajstić information content (AvgIpc) is 2.83. The average molecular weight is 290 g/mol. The SMILES string of the molecule is CCCn1ncc(OC)c1C(NN)C1C2C3CCC(C3)C21. The maximum absolute atomic E-state index is 5.96. The second-order valence-electron chi connectivity index (χ2n) is 7.03. The molecule has 1 aromatic heterocycles. The van der Waals surface area contributed by atoms with Gasteiger partial charge in [0.05, 0.1) is 25.0 Å². The summed E-state index contributed by atoms with van der Waals surface area (Å²) in [5.74, 6) is 11.2. The number of aryl methyl sites for hydroxylation is 1. The molecule has 3 N–H and O–H groups in total. The number of nitrogens with one attached hydrogen (secondary N) is 1. The minimum atomic E-state index is 0.187. The maximum atomic E-state index is 5.96. The fraction of sp³-hybridized carbons (Fsp3) is 0.812. The lowest BCUT2D eigenvalue weighted by Gasteiger charge is -2.22. The smallest absolute Gasteiger partial charge is 0.161 e. The Hall–Kier alpha value is -1.07. The van der Waals surface area contributed by atoms with Crippen LogP contribution in [-0.2, 0) is 6.54 Å². The molecule has 2 bridgehead atoms. The molecule has 3 saturated carbocycles. The molecule has 21 heavy (non-hydrogen) atoms. The highest BCUT2D eigenvalue weighted by Crippen LogP contribution is 2.72. The molecular formula is C16H26N4O. The zero-order valence-electron chi connectivity index (χ0n) is 13.0. The minimum absolute atomic E-state index is 0.187. The quantitative estimate of drug-likeness (QED) is 0.622. The van der Waals surface area contributed by atoms with Crippen LogP contribution in [-0.4, -0.2) is 16.9 Å². The topological polar surface area (TPSA) is 65.1 Å². The van der Waals surface area contributed by atoms with Crippen LogP contribution in [0, 0.1) is 29.6 Å². The van der Waals surface area contributed by atoms with Gasteiger partial charge in [0, 0.05) is 6.54 Å². The summed E-state index contributed by atoms with van der Waals surface area (Å²) >= 11 is 0. The maximum Gasteiger partial charge on any atom is 0.161 e. The normalized spacial score (nSPS) is 37.6. The number of nitrogens with zero attached hydrogens (tertiary/aromatic N) is 2. The van der Waals surface area contributed by atoms with Crippen LogP contribution in [0.25, 0.3) is 0 Å². The van der Waals surface area contributed by atoms with Crippen molar-refractivity contribution in [2.75, 3.05) is 7.11 Å². The monoisotopic (exact) mass is 290 g/mol. The van der Waals surface area contributed by atoms with E-state index in [1.54, 1.807) is 7.11 Å². The molecule has 3 aliphatic carbocycles. The first kappa shape index (κ1) is 13.6. The van der Waals surface area contributed by atoms with Crippen molar-refractivity contribution in [2.45, 2.75) is 45.2 Å². The molecule has 0 radical (unpaired) electrons. The van der Waals surface area contributed by atoms with Gasteiger partial charge in [0.15, 0.2) is 5.75 Å². The molecular weight excluding hydrogens is 264 g/mol. The Morgan fingerprint density at radius 2 is 2.14 bits per heavy atom. The molecule has 5 heteroatoms. The van der Waals surface area contributed by atoms with E-state index in [4.69, 9.17) is 10.6 Å². The third-order valence-electron chi connectivity index (χ3n) is 6.15. The lowest BCUT2D eigenvalue weighted by Crippen LogP contribution is -2.33. The number of methoxy groups -OCH3 is 1.